The van der Waals surface area contributed by atoms with Crippen molar-refractivity contribution in [3.05, 3.63) is 58.7 Å². The van der Waals surface area contributed by atoms with Crippen LogP contribution in [0.25, 0.3) is 0 Å². The molecule has 1 nitrogen and oxygen atoms in total. The molecular formula is C16H15NS. The standard InChI is InChI=1S/C16H15NS/c1-11-8-12(2)16(13(3)9-11)18-15-7-5-4-6-14(15)10-17/h4-9H,1-3H3. The lowest BCUT2D eigenvalue weighted by Crippen LogP contribution is -1.89. The lowest BCUT2D eigenvalue weighted by molar-refractivity contribution is 1.18. The first kappa shape index (κ1) is 12.7. The van der Waals surface area contributed by atoms with Gasteiger partial charge in [0, 0.05) is 9.79 Å². The second-order valence-electron chi connectivity index (χ2n) is 4.44. The van der Waals surface area contributed by atoms with Crippen LogP contribution in [0.5, 0.6) is 0 Å². The van der Waals surface area contributed by atoms with Crippen molar-refractivity contribution in [1.82, 2.24) is 0 Å². The van der Waals surface area contributed by atoms with Gasteiger partial charge in [0.25, 0.3) is 0 Å². The van der Waals surface area contributed by atoms with Crippen LogP contribution >= 0.6 is 11.8 Å². The average Bonchev–Trinajstić information content (AvgIpc) is 2.34. The molecule has 2 rings (SSSR count). The summed E-state index contributed by atoms with van der Waals surface area (Å²) in [5.74, 6) is 0. The van der Waals surface area contributed by atoms with Crippen LogP contribution in [0.3, 0.4) is 0 Å². The number of nitriles is 1. The van der Waals surface area contributed by atoms with Crippen LogP contribution in [0.15, 0.2) is 46.2 Å². The Morgan fingerprint density at radius 1 is 1.00 bits per heavy atom. The quantitative estimate of drug-likeness (QED) is 0.778. The van der Waals surface area contributed by atoms with Gasteiger partial charge in [0.1, 0.15) is 6.07 Å². The molecule has 2 heteroatoms. The molecular weight excluding hydrogens is 238 g/mol. The first-order valence-electron chi connectivity index (χ1n) is 5.86. The van der Waals surface area contributed by atoms with Crippen LogP contribution in [0.4, 0.5) is 0 Å². The summed E-state index contributed by atoms with van der Waals surface area (Å²) < 4.78 is 0. The molecule has 0 spiro atoms. The van der Waals surface area contributed by atoms with Gasteiger partial charge in [0.05, 0.1) is 5.56 Å². The predicted molar refractivity (Wildman–Crippen MR) is 75.9 cm³/mol. The maximum absolute atomic E-state index is 9.12. The van der Waals surface area contributed by atoms with Crippen molar-refractivity contribution in [3.63, 3.8) is 0 Å². The number of aryl methyl sites for hydroxylation is 3. The van der Waals surface area contributed by atoms with Gasteiger partial charge in [-0.3, -0.25) is 0 Å². The maximum Gasteiger partial charge on any atom is 0.100 e. The highest BCUT2D eigenvalue weighted by atomic mass is 32.2. The van der Waals surface area contributed by atoms with E-state index in [9.17, 15) is 0 Å². The van der Waals surface area contributed by atoms with E-state index in [1.165, 1.54) is 21.6 Å². The minimum absolute atomic E-state index is 0.738. The van der Waals surface area contributed by atoms with E-state index in [1.807, 2.05) is 24.3 Å². The molecule has 0 heterocycles. The molecule has 0 saturated carbocycles. The number of hydrogen-bond donors (Lipinski definition) is 0. The summed E-state index contributed by atoms with van der Waals surface area (Å²) in [6, 6.07) is 14.4. The molecule has 2 aromatic rings. The van der Waals surface area contributed by atoms with Crippen molar-refractivity contribution in [2.45, 2.75) is 30.6 Å². The Balaban J connectivity index is 2.44. The van der Waals surface area contributed by atoms with Crippen molar-refractivity contribution < 1.29 is 0 Å². The van der Waals surface area contributed by atoms with Crippen LogP contribution < -0.4 is 0 Å². The molecule has 0 aliphatic heterocycles. The van der Waals surface area contributed by atoms with Crippen LogP contribution in [0.2, 0.25) is 0 Å². The van der Waals surface area contributed by atoms with Crippen molar-refractivity contribution >= 4 is 11.8 Å². The Labute approximate surface area is 112 Å². The summed E-state index contributed by atoms with van der Waals surface area (Å²) in [5, 5.41) is 9.12. The second-order valence-corrected chi connectivity index (χ2v) is 5.49. The Morgan fingerprint density at radius 3 is 2.22 bits per heavy atom. The Kier molecular flexibility index (Phi) is 3.74. The molecule has 2 aromatic carbocycles. The van der Waals surface area contributed by atoms with Crippen LogP contribution in [-0.4, -0.2) is 0 Å². The van der Waals surface area contributed by atoms with Gasteiger partial charge in [-0.25, -0.2) is 0 Å². The zero-order valence-electron chi connectivity index (χ0n) is 10.8. The van der Waals surface area contributed by atoms with E-state index in [0.717, 1.165) is 10.5 Å². The maximum atomic E-state index is 9.12. The Morgan fingerprint density at radius 2 is 1.61 bits per heavy atom. The molecule has 0 aliphatic carbocycles. The monoisotopic (exact) mass is 253 g/mol. The van der Waals surface area contributed by atoms with E-state index >= 15 is 0 Å². The van der Waals surface area contributed by atoms with Gasteiger partial charge < -0.3 is 0 Å². The summed E-state index contributed by atoms with van der Waals surface area (Å²) in [7, 11) is 0. The largest absolute Gasteiger partial charge is 0.192 e. The number of hydrogen-bond acceptors (Lipinski definition) is 2. The van der Waals surface area contributed by atoms with Gasteiger partial charge in [-0.15, -0.1) is 0 Å². The molecule has 0 aromatic heterocycles. The first-order chi connectivity index (χ1) is 8.61. The van der Waals surface area contributed by atoms with Crippen LogP contribution in [0.1, 0.15) is 22.3 Å². The minimum atomic E-state index is 0.738. The van der Waals surface area contributed by atoms with Gasteiger partial charge in [-0.05, 0) is 44.0 Å². The SMILES string of the molecule is Cc1cc(C)c(Sc2ccccc2C#N)c(C)c1. The summed E-state index contributed by atoms with van der Waals surface area (Å²) in [4.78, 5) is 2.28. The molecule has 0 saturated heterocycles. The molecule has 90 valence electrons. The van der Waals surface area contributed by atoms with Crippen molar-refractivity contribution in [2.75, 3.05) is 0 Å². The predicted octanol–water partition coefficient (Wildman–Crippen LogP) is 4.63. The van der Waals surface area contributed by atoms with Gasteiger partial charge in [0.15, 0.2) is 0 Å². The molecule has 0 aliphatic rings. The highest BCUT2D eigenvalue weighted by Gasteiger charge is 2.08. The Hall–Kier alpha value is -1.72. The zero-order chi connectivity index (χ0) is 13.1. The number of nitrogens with zero attached hydrogens (tertiary/aromatic N) is 1. The third kappa shape index (κ3) is 2.57. The summed E-state index contributed by atoms with van der Waals surface area (Å²) in [5.41, 5.74) is 4.56. The van der Waals surface area contributed by atoms with E-state index in [2.05, 4.69) is 39.0 Å². The van der Waals surface area contributed by atoms with Crippen molar-refractivity contribution in [3.8, 4) is 6.07 Å². The fourth-order valence-corrected chi connectivity index (χ4v) is 3.12. The zero-order valence-corrected chi connectivity index (χ0v) is 11.6. The summed E-state index contributed by atoms with van der Waals surface area (Å²) in [6.45, 7) is 6.35. The van der Waals surface area contributed by atoms with E-state index in [-0.39, 0.29) is 0 Å². The topological polar surface area (TPSA) is 23.8 Å². The second kappa shape index (κ2) is 5.29. The molecule has 0 fully saturated rings. The van der Waals surface area contributed by atoms with E-state index in [4.69, 9.17) is 5.26 Å². The van der Waals surface area contributed by atoms with E-state index in [1.54, 1.807) is 11.8 Å². The van der Waals surface area contributed by atoms with E-state index < -0.39 is 0 Å². The van der Waals surface area contributed by atoms with Crippen LogP contribution in [-0.2, 0) is 0 Å². The van der Waals surface area contributed by atoms with Crippen molar-refractivity contribution in [2.24, 2.45) is 0 Å². The molecule has 18 heavy (non-hydrogen) atoms. The molecule has 0 amide bonds. The van der Waals surface area contributed by atoms with Crippen molar-refractivity contribution in [1.29, 1.82) is 5.26 Å². The Bertz CT molecular complexity index is 600. The minimum Gasteiger partial charge on any atom is -0.192 e. The average molecular weight is 253 g/mol. The molecule has 0 radical (unpaired) electrons. The highest BCUT2D eigenvalue weighted by molar-refractivity contribution is 7.99. The van der Waals surface area contributed by atoms with E-state index in [0.29, 0.717) is 0 Å². The molecule has 0 unspecified atom stereocenters. The smallest absolute Gasteiger partial charge is 0.100 e. The molecule has 0 atom stereocenters. The number of rotatable bonds is 2. The third-order valence-corrected chi connectivity index (χ3v) is 4.25. The normalized spacial score (nSPS) is 10.1. The van der Waals surface area contributed by atoms with Gasteiger partial charge in [-0.2, -0.15) is 5.26 Å². The highest BCUT2D eigenvalue weighted by Crippen LogP contribution is 2.35. The summed E-state index contributed by atoms with van der Waals surface area (Å²) >= 11 is 1.68. The summed E-state index contributed by atoms with van der Waals surface area (Å²) in [6.07, 6.45) is 0. The van der Waals surface area contributed by atoms with Gasteiger partial charge in [-0.1, -0.05) is 41.6 Å². The number of benzene rings is 2. The molecule has 0 bridgehead atoms. The van der Waals surface area contributed by atoms with Gasteiger partial charge in [0.2, 0.25) is 0 Å². The first-order valence-corrected chi connectivity index (χ1v) is 6.68. The third-order valence-electron chi connectivity index (χ3n) is 2.82. The van der Waals surface area contributed by atoms with Gasteiger partial charge >= 0.3 is 0 Å². The fourth-order valence-electron chi connectivity index (χ4n) is 2.09. The molecule has 0 N–H and O–H groups in total. The lowest BCUT2D eigenvalue weighted by atomic mass is 10.1. The van der Waals surface area contributed by atoms with Crippen LogP contribution in [0, 0.1) is 32.1 Å². The lowest BCUT2D eigenvalue weighted by Gasteiger charge is -2.11. The fraction of sp³-hybridized carbons (Fsp3) is 0.188.